The summed E-state index contributed by atoms with van der Waals surface area (Å²) >= 11 is 1.21. The lowest BCUT2D eigenvalue weighted by molar-refractivity contribution is -0.126. The minimum absolute atomic E-state index is 0.0304. The van der Waals surface area contributed by atoms with Crippen molar-refractivity contribution in [3.8, 4) is 0 Å². The quantitative estimate of drug-likeness (QED) is 0.754. The van der Waals surface area contributed by atoms with Crippen LogP contribution in [0.5, 0.6) is 0 Å². The van der Waals surface area contributed by atoms with Crippen molar-refractivity contribution in [1.82, 2.24) is 9.62 Å². The predicted molar refractivity (Wildman–Crippen MR) is 114 cm³/mol. The minimum Gasteiger partial charge on any atom is -0.339 e. The lowest BCUT2D eigenvalue weighted by Crippen LogP contribution is -2.46. The number of rotatable bonds is 5. The van der Waals surface area contributed by atoms with Crippen molar-refractivity contribution in [1.29, 1.82) is 0 Å². The molecule has 28 heavy (non-hydrogen) atoms. The number of thiophene rings is 1. The Kier molecular flexibility index (Phi) is 6.37. The van der Waals surface area contributed by atoms with Crippen molar-refractivity contribution in [2.24, 2.45) is 0 Å². The molecule has 0 atom stereocenters. The van der Waals surface area contributed by atoms with Gasteiger partial charge in [0.15, 0.2) is 0 Å². The number of hydrogen-bond acceptors (Lipinski definition) is 4. The fraction of sp³-hybridized carbons (Fsp3) is 0.381. The van der Waals surface area contributed by atoms with Crippen LogP contribution in [0.4, 0.5) is 0 Å². The van der Waals surface area contributed by atoms with Crippen LogP contribution in [-0.4, -0.2) is 38.4 Å². The first-order valence-corrected chi connectivity index (χ1v) is 11.7. The van der Waals surface area contributed by atoms with Crippen LogP contribution in [0.15, 0.2) is 39.9 Å². The molecule has 5 nitrogen and oxygen atoms in total. The molecule has 0 bridgehead atoms. The fourth-order valence-electron chi connectivity index (χ4n) is 3.34. The Hall–Kier alpha value is -1.96. The van der Waals surface area contributed by atoms with Crippen LogP contribution in [0.3, 0.4) is 0 Å². The molecule has 0 saturated carbocycles. The van der Waals surface area contributed by atoms with Crippen LogP contribution in [0.1, 0.15) is 35.1 Å². The maximum Gasteiger partial charge on any atom is 0.250 e. The zero-order chi connectivity index (χ0) is 20.3. The second-order valence-electron chi connectivity index (χ2n) is 7.28. The van der Waals surface area contributed by atoms with E-state index in [-0.39, 0.29) is 11.9 Å². The second kappa shape index (κ2) is 8.59. The number of carbonyl (C=O) groups is 1. The third-order valence-electron chi connectivity index (χ3n) is 5.18. The van der Waals surface area contributed by atoms with Crippen molar-refractivity contribution >= 4 is 33.3 Å². The number of hydrogen-bond donors (Lipinski definition) is 1. The van der Waals surface area contributed by atoms with Crippen LogP contribution in [-0.2, 0) is 14.8 Å². The van der Waals surface area contributed by atoms with E-state index in [4.69, 9.17) is 0 Å². The largest absolute Gasteiger partial charge is 0.339 e. The molecule has 1 aromatic heterocycles. The van der Waals surface area contributed by atoms with Crippen molar-refractivity contribution in [2.75, 3.05) is 13.1 Å². The summed E-state index contributed by atoms with van der Waals surface area (Å²) in [5.74, 6) is -0.0304. The van der Waals surface area contributed by atoms with E-state index in [0.717, 1.165) is 11.1 Å². The van der Waals surface area contributed by atoms with E-state index in [1.165, 1.54) is 22.5 Å². The Morgan fingerprint density at radius 2 is 1.82 bits per heavy atom. The molecule has 1 saturated heterocycles. The molecule has 1 aliphatic heterocycles. The maximum absolute atomic E-state index is 12.5. The van der Waals surface area contributed by atoms with Gasteiger partial charge in [0, 0.05) is 25.2 Å². The number of sulfonamides is 1. The molecular weight excluding hydrogens is 392 g/mol. The van der Waals surface area contributed by atoms with Crippen molar-refractivity contribution in [2.45, 2.75) is 43.9 Å². The first-order valence-electron chi connectivity index (χ1n) is 9.37. The molecule has 1 fully saturated rings. The Morgan fingerprint density at radius 3 is 2.46 bits per heavy atom. The normalized spacial score (nSPS) is 16.0. The number of carbonyl (C=O) groups excluding carboxylic acids is 1. The summed E-state index contributed by atoms with van der Waals surface area (Å²) in [6, 6.07) is 7.42. The van der Waals surface area contributed by atoms with Gasteiger partial charge in [0.2, 0.25) is 15.9 Å². The van der Waals surface area contributed by atoms with Gasteiger partial charge in [-0.05, 0) is 73.4 Å². The van der Waals surface area contributed by atoms with Crippen LogP contribution < -0.4 is 4.72 Å². The molecule has 0 aliphatic carbocycles. The van der Waals surface area contributed by atoms with Crippen molar-refractivity contribution < 1.29 is 13.2 Å². The fourth-order valence-corrected chi connectivity index (χ4v) is 5.66. The second-order valence-corrected chi connectivity index (χ2v) is 10.2. The van der Waals surface area contributed by atoms with Crippen molar-refractivity contribution in [3.05, 3.63) is 58.0 Å². The van der Waals surface area contributed by atoms with Gasteiger partial charge in [-0.2, -0.15) is 0 Å². The molecule has 1 N–H and O–H groups in total. The van der Waals surface area contributed by atoms with Gasteiger partial charge in [-0.25, -0.2) is 13.1 Å². The third-order valence-corrected chi connectivity index (χ3v) is 8.09. The highest BCUT2D eigenvalue weighted by Gasteiger charge is 2.26. The first kappa shape index (κ1) is 20.8. The van der Waals surface area contributed by atoms with Crippen LogP contribution in [0.2, 0.25) is 0 Å². The Morgan fingerprint density at radius 1 is 1.14 bits per heavy atom. The average Bonchev–Trinajstić information content (AvgIpc) is 3.19. The molecular formula is C21H26N2O3S2. The van der Waals surface area contributed by atoms with E-state index in [2.05, 4.69) is 30.7 Å². The molecule has 0 radical (unpaired) electrons. The molecule has 7 heteroatoms. The standard InChI is InChI=1S/C21H26N2O3S2/c1-15-13-17(3)18(14-16(15)2)6-7-20(24)23-10-8-19(9-11-23)22-28(25,26)21-5-4-12-27-21/h4-7,12-14,19,22H,8-11H2,1-3H3/b7-6+. The van der Waals surface area contributed by atoms with Gasteiger partial charge in [-0.15, -0.1) is 11.3 Å². The van der Waals surface area contributed by atoms with E-state index < -0.39 is 10.0 Å². The summed E-state index contributed by atoms with van der Waals surface area (Å²) in [5, 5.41) is 1.75. The van der Waals surface area contributed by atoms with Crippen LogP contribution >= 0.6 is 11.3 Å². The average molecular weight is 419 g/mol. The van der Waals surface area contributed by atoms with Gasteiger partial charge in [0.25, 0.3) is 0 Å². The monoisotopic (exact) mass is 418 g/mol. The molecule has 0 unspecified atom stereocenters. The summed E-state index contributed by atoms with van der Waals surface area (Å²) in [6.07, 6.45) is 4.72. The Labute approximate surface area is 171 Å². The smallest absolute Gasteiger partial charge is 0.250 e. The molecule has 1 aliphatic rings. The highest BCUT2D eigenvalue weighted by Crippen LogP contribution is 2.20. The van der Waals surface area contributed by atoms with Gasteiger partial charge < -0.3 is 4.90 Å². The predicted octanol–water partition coefficient (Wildman–Crippen LogP) is 3.66. The number of benzene rings is 1. The maximum atomic E-state index is 12.5. The van der Waals surface area contributed by atoms with Gasteiger partial charge in [-0.3, -0.25) is 4.79 Å². The Balaban J connectivity index is 1.56. The summed E-state index contributed by atoms with van der Waals surface area (Å²) in [6.45, 7) is 7.29. The molecule has 3 rings (SSSR count). The van der Waals surface area contributed by atoms with Gasteiger partial charge in [0.1, 0.15) is 4.21 Å². The van der Waals surface area contributed by atoms with Gasteiger partial charge >= 0.3 is 0 Å². The number of piperidine rings is 1. The first-order chi connectivity index (χ1) is 13.3. The number of aryl methyl sites for hydroxylation is 3. The number of likely N-dealkylation sites (tertiary alicyclic amines) is 1. The summed E-state index contributed by atoms with van der Waals surface area (Å²) < 4.78 is 27.7. The molecule has 0 spiro atoms. The van der Waals surface area contributed by atoms with E-state index >= 15 is 0 Å². The molecule has 150 valence electrons. The molecule has 1 aromatic carbocycles. The number of amides is 1. The molecule has 2 aromatic rings. The Bertz CT molecular complexity index is 971. The third kappa shape index (κ3) is 4.90. The van der Waals surface area contributed by atoms with E-state index in [9.17, 15) is 13.2 Å². The van der Waals surface area contributed by atoms with Crippen LogP contribution in [0.25, 0.3) is 6.08 Å². The molecule has 1 amide bonds. The SMILES string of the molecule is Cc1cc(C)c(/C=C/C(=O)N2CCC(NS(=O)(=O)c3cccs3)CC2)cc1C. The number of nitrogens with zero attached hydrogens (tertiary/aromatic N) is 1. The highest BCUT2D eigenvalue weighted by atomic mass is 32.2. The van der Waals surface area contributed by atoms with E-state index in [1.807, 2.05) is 13.0 Å². The topological polar surface area (TPSA) is 66.5 Å². The van der Waals surface area contributed by atoms with Gasteiger partial charge in [-0.1, -0.05) is 18.2 Å². The zero-order valence-electron chi connectivity index (χ0n) is 16.4. The summed E-state index contributed by atoms with van der Waals surface area (Å²) in [5.41, 5.74) is 4.65. The summed E-state index contributed by atoms with van der Waals surface area (Å²) in [4.78, 5) is 14.3. The zero-order valence-corrected chi connectivity index (χ0v) is 18.1. The van der Waals surface area contributed by atoms with E-state index in [1.54, 1.807) is 28.5 Å². The lowest BCUT2D eigenvalue weighted by Gasteiger charge is -2.31. The van der Waals surface area contributed by atoms with Crippen LogP contribution in [0, 0.1) is 20.8 Å². The lowest BCUT2D eigenvalue weighted by atomic mass is 10.0. The highest BCUT2D eigenvalue weighted by molar-refractivity contribution is 7.91. The summed E-state index contributed by atoms with van der Waals surface area (Å²) in [7, 11) is -3.46. The molecule has 2 heterocycles. The number of nitrogens with one attached hydrogen (secondary N) is 1. The van der Waals surface area contributed by atoms with Crippen molar-refractivity contribution in [3.63, 3.8) is 0 Å². The minimum atomic E-state index is -3.46. The van der Waals surface area contributed by atoms with Gasteiger partial charge in [0.05, 0.1) is 0 Å². The van der Waals surface area contributed by atoms with E-state index in [0.29, 0.717) is 30.1 Å².